The van der Waals surface area contributed by atoms with E-state index in [1.165, 1.54) is 5.56 Å². The Morgan fingerprint density at radius 1 is 1.19 bits per heavy atom. The summed E-state index contributed by atoms with van der Waals surface area (Å²) in [5.74, 6) is 1.43. The normalized spacial score (nSPS) is 10.9. The van der Waals surface area contributed by atoms with Crippen LogP contribution in [-0.2, 0) is 6.54 Å². The van der Waals surface area contributed by atoms with Crippen molar-refractivity contribution in [3.8, 4) is 17.0 Å². The summed E-state index contributed by atoms with van der Waals surface area (Å²) in [7, 11) is 1.95. The molecule has 1 N–H and O–H groups in total. The zero-order valence-electron chi connectivity index (χ0n) is 13.3. The Morgan fingerprint density at radius 3 is 2.67 bits per heavy atom. The summed E-state index contributed by atoms with van der Waals surface area (Å²) in [4.78, 5) is 4.70. The van der Waals surface area contributed by atoms with E-state index in [4.69, 9.17) is 9.72 Å². The molecule has 0 atom stereocenters. The summed E-state index contributed by atoms with van der Waals surface area (Å²) >= 11 is 0. The molecule has 0 spiro atoms. The molecule has 0 radical (unpaired) electrons. The zero-order chi connectivity index (χ0) is 15.2. The molecule has 3 nitrogen and oxygen atoms in total. The van der Waals surface area contributed by atoms with Crippen LogP contribution in [0.25, 0.3) is 11.3 Å². The predicted molar refractivity (Wildman–Crippen MR) is 87.5 cm³/mol. The van der Waals surface area contributed by atoms with Gasteiger partial charge in [-0.25, -0.2) is 0 Å². The van der Waals surface area contributed by atoms with Crippen LogP contribution in [-0.4, -0.2) is 18.6 Å². The lowest BCUT2D eigenvalue weighted by molar-refractivity contribution is 0.271. The van der Waals surface area contributed by atoms with Crippen molar-refractivity contribution in [3.63, 3.8) is 0 Å². The van der Waals surface area contributed by atoms with Crippen LogP contribution in [0.4, 0.5) is 0 Å². The Bertz CT molecular complexity index is 594. The van der Waals surface area contributed by atoms with E-state index in [1.54, 1.807) is 0 Å². The van der Waals surface area contributed by atoms with Crippen LogP contribution in [0, 0.1) is 12.8 Å². The number of pyridine rings is 1. The molecular formula is C18H24N2O. The van der Waals surface area contributed by atoms with Gasteiger partial charge in [0.1, 0.15) is 5.75 Å². The maximum absolute atomic E-state index is 5.78. The molecule has 0 saturated heterocycles. The third-order valence-corrected chi connectivity index (χ3v) is 3.28. The van der Waals surface area contributed by atoms with Crippen LogP contribution in [0.3, 0.4) is 0 Å². The third-order valence-electron chi connectivity index (χ3n) is 3.28. The number of nitrogens with one attached hydrogen (secondary N) is 1. The van der Waals surface area contributed by atoms with Gasteiger partial charge in [-0.1, -0.05) is 32.0 Å². The molecule has 112 valence electrons. The highest BCUT2D eigenvalue weighted by atomic mass is 16.5. The summed E-state index contributed by atoms with van der Waals surface area (Å²) in [6.07, 6.45) is 0. The fraction of sp³-hybridized carbons (Fsp3) is 0.389. The molecule has 1 heterocycles. The zero-order valence-corrected chi connectivity index (χ0v) is 13.3. The van der Waals surface area contributed by atoms with E-state index in [0.717, 1.165) is 35.9 Å². The van der Waals surface area contributed by atoms with E-state index in [1.807, 2.05) is 19.2 Å². The average Bonchev–Trinajstić information content (AvgIpc) is 2.48. The third kappa shape index (κ3) is 4.30. The van der Waals surface area contributed by atoms with Crippen molar-refractivity contribution >= 4 is 0 Å². The van der Waals surface area contributed by atoms with Crippen LogP contribution < -0.4 is 10.1 Å². The van der Waals surface area contributed by atoms with Crippen LogP contribution in [0.5, 0.6) is 5.75 Å². The number of hydrogen-bond acceptors (Lipinski definition) is 3. The minimum atomic E-state index is 0.523. The monoisotopic (exact) mass is 284 g/mol. The number of aromatic nitrogens is 1. The summed E-state index contributed by atoms with van der Waals surface area (Å²) in [5.41, 5.74) is 4.38. The second kappa shape index (κ2) is 7.23. The van der Waals surface area contributed by atoms with Gasteiger partial charge < -0.3 is 10.1 Å². The van der Waals surface area contributed by atoms with Gasteiger partial charge in [0.25, 0.3) is 0 Å². The highest BCUT2D eigenvalue weighted by Crippen LogP contribution is 2.23. The molecule has 0 aliphatic carbocycles. The molecule has 3 heteroatoms. The minimum absolute atomic E-state index is 0.523. The van der Waals surface area contributed by atoms with Gasteiger partial charge >= 0.3 is 0 Å². The van der Waals surface area contributed by atoms with Crippen molar-refractivity contribution in [2.24, 2.45) is 5.92 Å². The maximum Gasteiger partial charge on any atom is 0.119 e. The molecule has 2 rings (SSSR count). The van der Waals surface area contributed by atoms with Crippen molar-refractivity contribution in [3.05, 3.63) is 47.7 Å². The first-order valence-corrected chi connectivity index (χ1v) is 7.44. The molecule has 0 saturated carbocycles. The molecule has 21 heavy (non-hydrogen) atoms. The average molecular weight is 284 g/mol. The summed E-state index contributed by atoms with van der Waals surface area (Å²) in [5, 5.41) is 3.16. The van der Waals surface area contributed by atoms with E-state index >= 15 is 0 Å². The van der Waals surface area contributed by atoms with Gasteiger partial charge in [0, 0.05) is 17.8 Å². The fourth-order valence-corrected chi connectivity index (χ4v) is 2.14. The molecule has 2 aromatic rings. The standard InChI is InChI=1S/C18H24N2O/c1-13(2)12-21-17-7-5-6-15(10-17)18-9-8-16(11-19-4)14(3)20-18/h5-10,13,19H,11-12H2,1-4H3. The van der Waals surface area contributed by atoms with Crippen LogP contribution >= 0.6 is 0 Å². The van der Waals surface area contributed by atoms with Crippen molar-refractivity contribution in [2.75, 3.05) is 13.7 Å². The summed E-state index contributed by atoms with van der Waals surface area (Å²) in [6, 6.07) is 12.3. The number of hydrogen-bond donors (Lipinski definition) is 1. The van der Waals surface area contributed by atoms with Gasteiger partial charge in [0.15, 0.2) is 0 Å². The molecule has 0 unspecified atom stereocenters. The number of nitrogens with zero attached hydrogens (tertiary/aromatic N) is 1. The summed E-state index contributed by atoms with van der Waals surface area (Å²) in [6.45, 7) is 7.92. The number of ether oxygens (including phenoxy) is 1. The second-order valence-corrected chi connectivity index (χ2v) is 5.70. The molecule has 0 aliphatic heterocycles. The lowest BCUT2D eigenvalue weighted by Gasteiger charge is -2.11. The minimum Gasteiger partial charge on any atom is -0.493 e. The van der Waals surface area contributed by atoms with Gasteiger partial charge in [-0.15, -0.1) is 0 Å². The Balaban J connectivity index is 2.21. The van der Waals surface area contributed by atoms with Gasteiger partial charge in [0.05, 0.1) is 12.3 Å². The highest BCUT2D eigenvalue weighted by Gasteiger charge is 2.05. The Hall–Kier alpha value is -1.87. The van der Waals surface area contributed by atoms with E-state index in [2.05, 4.69) is 50.4 Å². The van der Waals surface area contributed by atoms with Crippen molar-refractivity contribution in [1.29, 1.82) is 0 Å². The molecule has 0 fully saturated rings. The molecule has 0 aliphatic rings. The smallest absolute Gasteiger partial charge is 0.119 e. The number of rotatable bonds is 6. The van der Waals surface area contributed by atoms with Gasteiger partial charge in [-0.3, -0.25) is 4.98 Å². The molecular weight excluding hydrogens is 260 g/mol. The molecule has 0 bridgehead atoms. The number of aryl methyl sites for hydroxylation is 1. The second-order valence-electron chi connectivity index (χ2n) is 5.70. The first-order chi connectivity index (χ1) is 10.1. The van der Waals surface area contributed by atoms with Crippen LogP contribution in [0.1, 0.15) is 25.1 Å². The Kier molecular flexibility index (Phi) is 5.34. The first kappa shape index (κ1) is 15.5. The lowest BCUT2D eigenvalue weighted by atomic mass is 10.1. The highest BCUT2D eigenvalue weighted by molar-refractivity contribution is 5.61. The fourth-order valence-electron chi connectivity index (χ4n) is 2.14. The van der Waals surface area contributed by atoms with Crippen molar-refractivity contribution < 1.29 is 4.74 Å². The topological polar surface area (TPSA) is 34.1 Å². The van der Waals surface area contributed by atoms with Crippen molar-refractivity contribution in [1.82, 2.24) is 10.3 Å². The van der Waals surface area contributed by atoms with E-state index in [-0.39, 0.29) is 0 Å². The molecule has 1 aromatic heterocycles. The molecule has 1 aromatic carbocycles. The van der Waals surface area contributed by atoms with Gasteiger partial charge in [-0.05, 0) is 43.7 Å². The largest absolute Gasteiger partial charge is 0.493 e. The summed E-state index contributed by atoms with van der Waals surface area (Å²) < 4.78 is 5.78. The van der Waals surface area contributed by atoms with Crippen molar-refractivity contribution in [2.45, 2.75) is 27.3 Å². The van der Waals surface area contributed by atoms with E-state index in [0.29, 0.717) is 5.92 Å². The first-order valence-electron chi connectivity index (χ1n) is 7.44. The maximum atomic E-state index is 5.78. The predicted octanol–water partition coefficient (Wildman–Crippen LogP) is 3.81. The molecule has 0 amide bonds. The van der Waals surface area contributed by atoms with Gasteiger partial charge in [-0.2, -0.15) is 0 Å². The van der Waals surface area contributed by atoms with Crippen LogP contribution in [0.2, 0.25) is 0 Å². The van der Waals surface area contributed by atoms with E-state index < -0.39 is 0 Å². The number of benzene rings is 1. The Morgan fingerprint density at radius 2 is 2.00 bits per heavy atom. The quantitative estimate of drug-likeness (QED) is 0.876. The van der Waals surface area contributed by atoms with Gasteiger partial charge in [0.2, 0.25) is 0 Å². The van der Waals surface area contributed by atoms with E-state index in [9.17, 15) is 0 Å². The van der Waals surface area contributed by atoms with Crippen LogP contribution in [0.15, 0.2) is 36.4 Å². The SMILES string of the molecule is CNCc1ccc(-c2cccc(OCC(C)C)c2)nc1C. The lowest BCUT2D eigenvalue weighted by Crippen LogP contribution is -2.07. The Labute approximate surface area is 127 Å².